The van der Waals surface area contributed by atoms with E-state index < -0.39 is 5.91 Å². The molecular weight excluding hydrogens is 420 g/mol. The Balaban J connectivity index is 1.63. The van der Waals surface area contributed by atoms with Crippen LogP contribution in [0.25, 0.3) is 17.1 Å². The van der Waals surface area contributed by atoms with Crippen LogP contribution in [-0.4, -0.2) is 50.5 Å². The van der Waals surface area contributed by atoms with Crippen LogP contribution in [0.3, 0.4) is 0 Å². The van der Waals surface area contributed by atoms with E-state index >= 15 is 0 Å². The molecule has 0 atom stereocenters. The van der Waals surface area contributed by atoms with Gasteiger partial charge >= 0.3 is 5.91 Å². The van der Waals surface area contributed by atoms with Gasteiger partial charge in [0.05, 0.1) is 5.69 Å². The Morgan fingerprint density at radius 1 is 0.879 bits per heavy atom. The lowest BCUT2D eigenvalue weighted by Gasteiger charge is -2.18. The van der Waals surface area contributed by atoms with E-state index in [1.165, 1.54) is 0 Å². The number of rotatable bonds is 9. The Morgan fingerprint density at radius 3 is 2.15 bits per heavy atom. The van der Waals surface area contributed by atoms with Crippen molar-refractivity contribution in [2.45, 2.75) is 33.1 Å². The Morgan fingerprint density at radius 2 is 1.52 bits per heavy atom. The first-order valence-electron chi connectivity index (χ1n) is 11.0. The fraction of sp³-hybridized carbons (Fsp3) is 0.292. The lowest BCUT2D eigenvalue weighted by molar-refractivity contribution is -0.131. The summed E-state index contributed by atoms with van der Waals surface area (Å²) in [6.45, 7) is 5.12. The quantitative estimate of drug-likeness (QED) is 0.489. The number of carbonyl (C=O) groups is 3. The highest BCUT2D eigenvalue weighted by molar-refractivity contribution is 5.92. The molecule has 0 aliphatic heterocycles. The molecule has 0 bridgehead atoms. The normalized spacial score (nSPS) is 10.5. The number of hydrogen-bond acceptors (Lipinski definition) is 5. The standard InChI is InChI=1S/C24H28N6O3/c1-3-29(4-2)21(32)17-11-16-20(31)26-27-24(33)22-25-23(18-12-7-5-8-13-18)30(28-22)19-14-9-6-10-15-19/h5-10,12-15H,3-4,11,16-17H2,1-2H3,(H,26,31)(H,27,33). The van der Waals surface area contributed by atoms with E-state index in [0.29, 0.717) is 25.3 Å². The van der Waals surface area contributed by atoms with Crippen molar-refractivity contribution in [3.8, 4) is 17.1 Å². The van der Waals surface area contributed by atoms with Crippen molar-refractivity contribution in [2.75, 3.05) is 13.1 Å². The first-order chi connectivity index (χ1) is 16.0. The summed E-state index contributed by atoms with van der Waals surface area (Å²) < 4.78 is 1.59. The Bertz CT molecular complexity index is 1020. The summed E-state index contributed by atoms with van der Waals surface area (Å²) in [5, 5.41) is 4.35. The smallest absolute Gasteiger partial charge is 0.309 e. The third kappa shape index (κ3) is 6.25. The van der Waals surface area contributed by atoms with Gasteiger partial charge in [-0.1, -0.05) is 48.5 Å². The number of carbonyl (C=O) groups excluding carboxylic acids is 3. The van der Waals surface area contributed by atoms with Crippen LogP contribution < -0.4 is 10.9 Å². The minimum atomic E-state index is -0.630. The van der Waals surface area contributed by atoms with E-state index in [4.69, 9.17) is 0 Å². The SMILES string of the molecule is CCN(CC)C(=O)CCCC(=O)NNC(=O)c1nc(-c2ccccc2)n(-c2ccccc2)n1. The van der Waals surface area contributed by atoms with Crippen LogP contribution in [0, 0.1) is 0 Å². The summed E-state index contributed by atoms with van der Waals surface area (Å²) in [7, 11) is 0. The summed E-state index contributed by atoms with van der Waals surface area (Å²) >= 11 is 0. The lowest BCUT2D eigenvalue weighted by Crippen LogP contribution is -2.42. The van der Waals surface area contributed by atoms with Crippen LogP contribution in [0.4, 0.5) is 0 Å². The van der Waals surface area contributed by atoms with Gasteiger partial charge in [0.15, 0.2) is 5.82 Å². The maximum Gasteiger partial charge on any atom is 0.309 e. The molecule has 2 N–H and O–H groups in total. The Labute approximate surface area is 192 Å². The molecule has 0 spiro atoms. The highest BCUT2D eigenvalue weighted by atomic mass is 16.2. The van der Waals surface area contributed by atoms with Crippen LogP contribution in [0.2, 0.25) is 0 Å². The van der Waals surface area contributed by atoms with Gasteiger partial charge < -0.3 is 4.90 Å². The van der Waals surface area contributed by atoms with Gasteiger partial charge in [-0.05, 0) is 32.4 Å². The summed E-state index contributed by atoms with van der Waals surface area (Å²) in [6, 6.07) is 18.8. The molecule has 1 aromatic heterocycles. The van der Waals surface area contributed by atoms with E-state index in [2.05, 4.69) is 20.9 Å². The van der Waals surface area contributed by atoms with Gasteiger partial charge in [0.25, 0.3) is 0 Å². The zero-order valence-electron chi connectivity index (χ0n) is 18.8. The maximum atomic E-state index is 12.6. The molecule has 2 aromatic carbocycles. The summed E-state index contributed by atoms with van der Waals surface area (Å²) in [5.41, 5.74) is 6.28. The number of nitrogens with zero attached hydrogens (tertiary/aromatic N) is 4. The molecule has 0 radical (unpaired) electrons. The van der Waals surface area contributed by atoms with Crippen molar-refractivity contribution < 1.29 is 14.4 Å². The van der Waals surface area contributed by atoms with Gasteiger partial charge in [0.1, 0.15) is 0 Å². The molecule has 9 nitrogen and oxygen atoms in total. The number of para-hydroxylation sites is 1. The van der Waals surface area contributed by atoms with Crippen LogP contribution >= 0.6 is 0 Å². The first-order valence-corrected chi connectivity index (χ1v) is 11.0. The highest BCUT2D eigenvalue weighted by Gasteiger charge is 2.19. The van der Waals surface area contributed by atoms with E-state index in [1.807, 2.05) is 74.5 Å². The van der Waals surface area contributed by atoms with Gasteiger partial charge in [-0.3, -0.25) is 25.2 Å². The second kappa shape index (κ2) is 11.6. The monoisotopic (exact) mass is 448 g/mol. The molecule has 3 rings (SSSR count). The van der Waals surface area contributed by atoms with Crippen molar-refractivity contribution in [3.63, 3.8) is 0 Å². The van der Waals surface area contributed by atoms with Crippen molar-refractivity contribution in [3.05, 3.63) is 66.5 Å². The van der Waals surface area contributed by atoms with Crippen LogP contribution in [0.15, 0.2) is 60.7 Å². The van der Waals surface area contributed by atoms with E-state index in [9.17, 15) is 14.4 Å². The molecule has 0 unspecified atom stereocenters. The lowest BCUT2D eigenvalue weighted by atomic mass is 10.2. The Kier molecular flexibility index (Phi) is 8.29. The number of aromatic nitrogens is 3. The number of nitrogens with one attached hydrogen (secondary N) is 2. The number of amides is 3. The highest BCUT2D eigenvalue weighted by Crippen LogP contribution is 2.20. The molecule has 1 heterocycles. The molecule has 0 saturated carbocycles. The predicted octanol–water partition coefficient (Wildman–Crippen LogP) is 2.73. The Hall–Kier alpha value is -4.01. The second-order valence-corrected chi connectivity index (χ2v) is 7.29. The van der Waals surface area contributed by atoms with E-state index in [0.717, 1.165) is 11.3 Å². The van der Waals surface area contributed by atoms with Crippen molar-refractivity contribution >= 4 is 17.7 Å². The summed E-state index contributed by atoms with van der Waals surface area (Å²) in [6.07, 6.45) is 0.803. The van der Waals surface area contributed by atoms with Crippen LogP contribution in [-0.2, 0) is 9.59 Å². The third-order valence-electron chi connectivity index (χ3n) is 5.07. The molecule has 3 aromatic rings. The molecular formula is C24H28N6O3. The molecule has 0 aliphatic carbocycles. The fourth-order valence-electron chi connectivity index (χ4n) is 3.31. The van der Waals surface area contributed by atoms with Gasteiger partial charge in [-0.25, -0.2) is 9.67 Å². The van der Waals surface area contributed by atoms with Crippen molar-refractivity contribution in [2.24, 2.45) is 0 Å². The van der Waals surface area contributed by atoms with Crippen molar-refractivity contribution in [1.82, 2.24) is 30.5 Å². The second-order valence-electron chi connectivity index (χ2n) is 7.29. The minimum absolute atomic E-state index is 0.0147. The predicted molar refractivity (Wildman–Crippen MR) is 124 cm³/mol. The van der Waals surface area contributed by atoms with Gasteiger partial charge in [0.2, 0.25) is 17.6 Å². The van der Waals surface area contributed by atoms with E-state index in [1.54, 1.807) is 9.58 Å². The van der Waals surface area contributed by atoms with Gasteiger partial charge in [-0.15, -0.1) is 5.10 Å². The van der Waals surface area contributed by atoms with Gasteiger partial charge in [-0.2, -0.15) is 0 Å². The molecule has 0 fully saturated rings. The molecule has 3 amide bonds. The molecule has 9 heteroatoms. The number of hydrazine groups is 1. The molecule has 0 saturated heterocycles. The number of hydrogen-bond donors (Lipinski definition) is 2. The van der Waals surface area contributed by atoms with Crippen molar-refractivity contribution in [1.29, 1.82) is 0 Å². The average Bonchev–Trinajstić information content (AvgIpc) is 3.30. The average molecular weight is 449 g/mol. The largest absolute Gasteiger partial charge is 0.343 e. The molecule has 172 valence electrons. The van der Waals surface area contributed by atoms with Gasteiger partial charge in [0, 0.05) is 31.5 Å². The minimum Gasteiger partial charge on any atom is -0.343 e. The number of benzene rings is 2. The fourth-order valence-corrected chi connectivity index (χ4v) is 3.31. The first kappa shape index (κ1) is 23.6. The zero-order chi connectivity index (χ0) is 23.6. The maximum absolute atomic E-state index is 12.6. The summed E-state index contributed by atoms with van der Waals surface area (Å²) in [4.78, 5) is 42.8. The molecule has 0 aliphatic rings. The summed E-state index contributed by atoms with van der Waals surface area (Å²) in [5.74, 6) is -0.570. The van der Waals surface area contributed by atoms with E-state index in [-0.39, 0.29) is 30.5 Å². The molecule has 33 heavy (non-hydrogen) atoms. The van der Waals surface area contributed by atoms with Crippen LogP contribution in [0.1, 0.15) is 43.7 Å². The third-order valence-corrected chi connectivity index (χ3v) is 5.07. The van der Waals surface area contributed by atoms with Crippen LogP contribution in [0.5, 0.6) is 0 Å². The zero-order valence-corrected chi connectivity index (χ0v) is 18.8. The topological polar surface area (TPSA) is 109 Å².